The normalized spacial score (nSPS) is 8.38. The maximum absolute atomic E-state index is 5.19. The second kappa shape index (κ2) is 5.99. The van der Waals surface area contributed by atoms with Crippen LogP contribution in [0.3, 0.4) is 0 Å². The Morgan fingerprint density at radius 1 is 1.62 bits per heavy atom. The average Bonchev–Trinajstić information content (AvgIpc) is 1.27. The molecule has 1 nitrogen and oxygen atoms in total. The molecule has 2 N–H and O–H groups in total. The molecule has 0 bridgehead atoms. The van der Waals surface area contributed by atoms with Crippen LogP contribution < -0.4 is 5.73 Å². The van der Waals surface area contributed by atoms with Gasteiger partial charge in [-0.1, -0.05) is 37.8 Å². The largest absolute Gasteiger partial charge is 0.385 e. The number of hydrogen-bond donors (Lipinski definition) is 1. The molecule has 0 saturated carbocycles. The van der Waals surface area contributed by atoms with E-state index < -0.39 is 0 Å². The zero-order valence-corrected chi connectivity index (χ0v) is 9.78. The first-order valence-electron chi connectivity index (χ1n) is 2.09. The molecule has 0 aromatic rings. The van der Waals surface area contributed by atoms with Gasteiger partial charge in [-0.05, 0) is 0 Å². The Balaban J connectivity index is 0. The van der Waals surface area contributed by atoms with Crippen LogP contribution >= 0.6 is 24.0 Å². The summed E-state index contributed by atoms with van der Waals surface area (Å²) in [7, 11) is 0. The molecule has 0 atom stereocenters. The fraction of sp³-hybridized carbons (Fsp3) is 0.750. The standard InChI is InChI=1S/C4H9NS2.Zn/c1-3(2)7-4(5)6;/h3H,1-2H3,(H2,5,6);. The van der Waals surface area contributed by atoms with Crippen LogP contribution in [0.2, 0.25) is 0 Å². The Morgan fingerprint density at radius 2 is 2.00 bits per heavy atom. The monoisotopic (exact) mass is 199 g/mol. The molecule has 0 unspecified atom stereocenters. The molecule has 0 aromatic heterocycles. The Hall–Kier alpha value is 0.863. The summed E-state index contributed by atoms with van der Waals surface area (Å²) in [4.78, 5) is 0. The van der Waals surface area contributed by atoms with Gasteiger partial charge in [-0.3, -0.25) is 0 Å². The molecule has 0 aliphatic carbocycles. The minimum absolute atomic E-state index is 0. The van der Waals surface area contributed by atoms with Crippen LogP contribution in [0.5, 0.6) is 0 Å². The summed E-state index contributed by atoms with van der Waals surface area (Å²) in [6, 6.07) is 0. The molecule has 0 heterocycles. The van der Waals surface area contributed by atoms with Crippen molar-refractivity contribution in [1.82, 2.24) is 0 Å². The topological polar surface area (TPSA) is 26.0 Å². The van der Waals surface area contributed by atoms with Crippen molar-refractivity contribution in [2.75, 3.05) is 0 Å². The molecule has 0 saturated heterocycles. The minimum atomic E-state index is 0. The van der Waals surface area contributed by atoms with Crippen LogP contribution in [0.1, 0.15) is 13.8 Å². The van der Waals surface area contributed by atoms with Gasteiger partial charge in [0.15, 0.2) is 0 Å². The zero-order chi connectivity index (χ0) is 5.86. The van der Waals surface area contributed by atoms with E-state index in [2.05, 4.69) is 26.1 Å². The van der Waals surface area contributed by atoms with E-state index >= 15 is 0 Å². The smallest absolute Gasteiger partial charge is 0.131 e. The summed E-state index contributed by atoms with van der Waals surface area (Å²) >= 11 is 6.13. The fourth-order valence-electron chi connectivity index (χ4n) is 0.232. The molecule has 0 spiro atoms. The summed E-state index contributed by atoms with van der Waals surface area (Å²) in [5.74, 6) is 0. The van der Waals surface area contributed by atoms with Crippen LogP contribution in [0.15, 0.2) is 0 Å². The van der Waals surface area contributed by atoms with Gasteiger partial charge in [-0.2, -0.15) is 0 Å². The van der Waals surface area contributed by atoms with Gasteiger partial charge in [0.1, 0.15) is 4.32 Å². The van der Waals surface area contributed by atoms with Crippen molar-refractivity contribution in [3.63, 3.8) is 0 Å². The summed E-state index contributed by atoms with van der Waals surface area (Å²) in [6.07, 6.45) is 0. The van der Waals surface area contributed by atoms with Crippen LogP contribution in [0, 0.1) is 0 Å². The SMILES string of the molecule is CC(C)SC(N)=S.[Zn]. The van der Waals surface area contributed by atoms with E-state index in [-0.39, 0.29) is 19.5 Å². The second-order valence-corrected chi connectivity index (χ2v) is 3.80. The van der Waals surface area contributed by atoms with Crippen molar-refractivity contribution in [2.24, 2.45) is 5.73 Å². The summed E-state index contributed by atoms with van der Waals surface area (Å²) in [5, 5.41) is 0.525. The molecule has 0 aliphatic rings. The van der Waals surface area contributed by atoms with E-state index in [1.54, 1.807) is 0 Å². The summed E-state index contributed by atoms with van der Waals surface area (Å²) in [6.45, 7) is 4.12. The van der Waals surface area contributed by atoms with E-state index in [0.717, 1.165) is 0 Å². The van der Waals surface area contributed by atoms with E-state index in [0.29, 0.717) is 9.57 Å². The molecule has 0 aliphatic heterocycles. The third-order valence-corrected chi connectivity index (χ3v) is 1.34. The van der Waals surface area contributed by atoms with E-state index in [1.807, 2.05) is 0 Å². The third-order valence-electron chi connectivity index (χ3n) is 0.352. The molecule has 0 rings (SSSR count). The first-order chi connectivity index (χ1) is 3.13. The van der Waals surface area contributed by atoms with Gasteiger partial charge < -0.3 is 5.73 Å². The number of hydrogen-bond acceptors (Lipinski definition) is 2. The van der Waals surface area contributed by atoms with Crippen LogP contribution in [-0.2, 0) is 19.5 Å². The Bertz CT molecular complexity index is 74.4. The van der Waals surface area contributed by atoms with Gasteiger partial charge in [0.2, 0.25) is 0 Å². The maximum atomic E-state index is 5.19. The molecule has 0 aromatic carbocycles. The first-order valence-corrected chi connectivity index (χ1v) is 3.38. The molecule has 44 valence electrons. The zero-order valence-electron chi connectivity index (χ0n) is 5.18. The van der Waals surface area contributed by atoms with Gasteiger partial charge in [-0.15, -0.1) is 0 Å². The Kier molecular flexibility index (Phi) is 8.71. The van der Waals surface area contributed by atoms with E-state index in [9.17, 15) is 0 Å². The quantitative estimate of drug-likeness (QED) is 0.512. The van der Waals surface area contributed by atoms with Gasteiger partial charge in [0, 0.05) is 24.7 Å². The van der Waals surface area contributed by atoms with Crippen molar-refractivity contribution < 1.29 is 19.5 Å². The van der Waals surface area contributed by atoms with Crippen LogP contribution in [0.25, 0.3) is 0 Å². The van der Waals surface area contributed by atoms with E-state index in [1.165, 1.54) is 11.8 Å². The molecule has 0 radical (unpaired) electrons. The number of thiocarbonyl (C=S) groups is 1. The third kappa shape index (κ3) is 9.98. The van der Waals surface area contributed by atoms with Crippen molar-refractivity contribution >= 4 is 28.3 Å². The van der Waals surface area contributed by atoms with Gasteiger partial charge in [0.05, 0.1) is 0 Å². The number of nitrogens with two attached hydrogens (primary N) is 1. The number of rotatable bonds is 1. The first kappa shape index (κ1) is 11.6. The van der Waals surface area contributed by atoms with Gasteiger partial charge in [-0.25, -0.2) is 0 Å². The second-order valence-electron chi connectivity index (χ2n) is 1.49. The Morgan fingerprint density at radius 3 is 2.00 bits per heavy atom. The Labute approximate surface area is 72.5 Å². The maximum Gasteiger partial charge on any atom is 0.131 e. The molecular weight excluding hydrogens is 192 g/mol. The van der Waals surface area contributed by atoms with E-state index in [4.69, 9.17) is 5.73 Å². The minimum Gasteiger partial charge on any atom is -0.385 e. The summed E-state index contributed by atoms with van der Waals surface area (Å²) in [5.41, 5.74) is 5.19. The molecule has 8 heavy (non-hydrogen) atoms. The predicted octanol–water partition coefficient (Wildman–Crippen LogP) is 1.37. The molecule has 4 heteroatoms. The molecular formula is C4H9NS2Zn. The predicted molar refractivity (Wildman–Crippen MR) is 39.5 cm³/mol. The molecule has 0 fully saturated rings. The van der Waals surface area contributed by atoms with Crippen LogP contribution in [0.4, 0.5) is 0 Å². The van der Waals surface area contributed by atoms with Crippen LogP contribution in [-0.4, -0.2) is 9.57 Å². The summed E-state index contributed by atoms with van der Waals surface area (Å²) < 4.78 is 0.537. The van der Waals surface area contributed by atoms with Crippen molar-refractivity contribution in [1.29, 1.82) is 0 Å². The van der Waals surface area contributed by atoms with Crippen molar-refractivity contribution in [3.8, 4) is 0 Å². The number of thioether (sulfide) groups is 1. The van der Waals surface area contributed by atoms with Gasteiger partial charge >= 0.3 is 0 Å². The molecule has 0 amide bonds. The van der Waals surface area contributed by atoms with Gasteiger partial charge in [0.25, 0.3) is 0 Å². The van der Waals surface area contributed by atoms with Crippen molar-refractivity contribution in [2.45, 2.75) is 19.1 Å². The fourth-order valence-corrected chi connectivity index (χ4v) is 1.27. The average molecular weight is 201 g/mol. The van der Waals surface area contributed by atoms with Crippen molar-refractivity contribution in [3.05, 3.63) is 0 Å².